The van der Waals surface area contributed by atoms with Crippen molar-refractivity contribution in [3.05, 3.63) is 57.6 Å². The largest absolute Gasteiger partial charge is 0.493 e. The first-order chi connectivity index (χ1) is 13.0. The van der Waals surface area contributed by atoms with Crippen molar-refractivity contribution in [1.82, 2.24) is 5.43 Å². The molecule has 0 aliphatic heterocycles. The number of ether oxygens (including phenoxy) is 3. The highest BCUT2D eigenvalue weighted by Crippen LogP contribution is 2.29. The average Bonchev–Trinajstić information content (AvgIpc) is 2.67. The van der Waals surface area contributed by atoms with Crippen molar-refractivity contribution in [1.29, 1.82) is 0 Å². The highest BCUT2D eigenvalue weighted by Gasteiger charge is 2.14. The zero-order valence-electron chi connectivity index (χ0n) is 15.1. The summed E-state index contributed by atoms with van der Waals surface area (Å²) in [7, 11) is 3.07. The molecule has 0 aromatic heterocycles. The molecule has 2 aromatic rings. The lowest BCUT2D eigenvalue weighted by molar-refractivity contribution is -0.385. The van der Waals surface area contributed by atoms with Crippen LogP contribution in [0.1, 0.15) is 11.1 Å². The molecule has 0 atom stereocenters. The van der Waals surface area contributed by atoms with E-state index in [0.717, 1.165) is 11.1 Å². The van der Waals surface area contributed by atoms with Gasteiger partial charge in [-0.3, -0.25) is 14.9 Å². The Balaban J connectivity index is 1.97. The summed E-state index contributed by atoms with van der Waals surface area (Å²) < 4.78 is 15.6. The maximum absolute atomic E-state index is 11.8. The van der Waals surface area contributed by atoms with Gasteiger partial charge in [-0.05, 0) is 30.7 Å². The van der Waals surface area contributed by atoms with E-state index in [0.29, 0.717) is 11.5 Å². The first-order valence-corrected chi connectivity index (χ1v) is 7.87. The highest BCUT2D eigenvalue weighted by molar-refractivity contribution is 5.85. The Morgan fingerprint density at radius 3 is 2.52 bits per heavy atom. The van der Waals surface area contributed by atoms with E-state index in [2.05, 4.69) is 10.5 Å². The molecule has 0 aliphatic rings. The molecule has 0 bridgehead atoms. The van der Waals surface area contributed by atoms with Crippen molar-refractivity contribution in [3.63, 3.8) is 0 Å². The van der Waals surface area contributed by atoms with Crippen LogP contribution in [0.15, 0.2) is 41.5 Å². The van der Waals surface area contributed by atoms with Gasteiger partial charge in [0.15, 0.2) is 23.9 Å². The molecule has 0 radical (unpaired) electrons. The third-order valence-electron chi connectivity index (χ3n) is 3.59. The fraction of sp³-hybridized carbons (Fsp3) is 0.222. The number of carbonyl (C=O) groups is 1. The number of amides is 1. The van der Waals surface area contributed by atoms with Crippen LogP contribution in [0.25, 0.3) is 0 Å². The topological polar surface area (TPSA) is 112 Å². The quantitative estimate of drug-likeness (QED) is 0.432. The Kier molecular flexibility index (Phi) is 6.70. The van der Waals surface area contributed by atoms with Gasteiger partial charge < -0.3 is 14.2 Å². The first-order valence-electron chi connectivity index (χ1n) is 7.87. The minimum Gasteiger partial charge on any atom is -0.493 e. The summed E-state index contributed by atoms with van der Waals surface area (Å²) in [5, 5.41) is 14.8. The molecule has 142 valence electrons. The predicted molar refractivity (Wildman–Crippen MR) is 98.6 cm³/mol. The predicted octanol–water partition coefficient (Wildman–Crippen LogP) is 2.45. The van der Waals surface area contributed by atoms with Gasteiger partial charge in [0.1, 0.15) is 0 Å². The molecule has 0 unspecified atom stereocenters. The van der Waals surface area contributed by atoms with Crippen molar-refractivity contribution in [2.45, 2.75) is 6.92 Å². The number of rotatable bonds is 8. The molecule has 0 aliphatic carbocycles. The average molecular weight is 373 g/mol. The normalized spacial score (nSPS) is 10.5. The van der Waals surface area contributed by atoms with Gasteiger partial charge in [0.2, 0.25) is 0 Å². The Morgan fingerprint density at radius 2 is 1.85 bits per heavy atom. The summed E-state index contributed by atoms with van der Waals surface area (Å²) >= 11 is 0. The lowest BCUT2D eigenvalue weighted by Crippen LogP contribution is -2.24. The second kappa shape index (κ2) is 9.18. The number of nitro benzene ring substituents is 1. The number of nitrogens with zero attached hydrogens (tertiary/aromatic N) is 2. The summed E-state index contributed by atoms with van der Waals surface area (Å²) in [6.07, 6.45) is 1.46. The van der Waals surface area contributed by atoms with Gasteiger partial charge in [-0.25, -0.2) is 5.43 Å². The zero-order valence-corrected chi connectivity index (χ0v) is 15.1. The summed E-state index contributed by atoms with van der Waals surface area (Å²) in [6, 6.07) is 9.33. The van der Waals surface area contributed by atoms with E-state index < -0.39 is 17.4 Å². The Morgan fingerprint density at radius 1 is 1.19 bits per heavy atom. The van der Waals surface area contributed by atoms with Gasteiger partial charge in [-0.15, -0.1) is 0 Å². The van der Waals surface area contributed by atoms with E-state index in [1.165, 1.54) is 31.5 Å². The lowest BCUT2D eigenvalue weighted by atomic mass is 10.1. The van der Waals surface area contributed by atoms with Crippen LogP contribution >= 0.6 is 0 Å². The molecule has 2 rings (SSSR count). The number of hydrogen-bond acceptors (Lipinski definition) is 7. The molecule has 2 aromatic carbocycles. The van der Waals surface area contributed by atoms with Crippen LogP contribution < -0.4 is 19.6 Å². The third kappa shape index (κ3) is 5.18. The second-order valence-corrected chi connectivity index (χ2v) is 5.37. The van der Waals surface area contributed by atoms with Gasteiger partial charge >= 0.3 is 5.69 Å². The molecule has 9 nitrogen and oxygen atoms in total. The van der Waals surface area contributed by atoms with Crippen LogP contribution in [0.5, 0.6) is 17.2 Å². The van der Waals surface area contributed by atoms with Crippen LogP contribution in [0.4, 0.5) is 5.69 Å². The number of hydrogen-bond donors (Lipinski definition) is 1. The molecular weight excluding hydrogens is 354 g/mol. The SMILES string of the molecule is COc1cc(C)c(C=NNC(=O)COc2ccccc2[N+](=O)[O-])cc1OC. The van der Waals surface area contributed by atoms with Crippen molar-refractivity contribution in [3.8, 4) is 17.2 Å². The van der Waals surface area contributed by atoms with Gasteiger partial charge in [-0.2, -0.15) is 5.10 Å². The van der Waals surface area contributed by atoms with E-state index in [9.17, 15) is 14.9 Å². The lowest BCUT2D eigenvalue weighted by Gasteiger charge is -2.10. The van der Waals surface area contributed by atoms with E-state index in [4.69, 9.17) is 14.2 Å². The van der Waals surface area contributed by atoms with Crippen molar-refractivity contribution < 1.29 is 23.9 Å². The van der Waals surface area contributed by atoms with Gasteiger partial charge in [-0.1, -0.05) is 12.1 Å². The number of hydrazone groups is 1. The van der Waals surface area contributed by atoms with E-state index in [1.807, 2.05) is 6.92 Å². The van der Waals surface area contributed by atoms with Crippen LogP contribution in [-0.2, 0) is 4.79 Å². The van der Waals surface area contributed by atoms with Crippen LogP contribution in [0.2, 0.25) is 0 Å². The first kappa shape index (κ1) is 19.7. The monoisotopic (exact) mass is 373 g/mol. The van der Waals surface area contributed by atoms with Crippen LogP contribution in [-0.4, -0.2) is 37.9 Å². The number of benzene rings is 2. The number of nitrogens with one attached hydrogen (secondary N) is 1. The fourth-order valence-electron chi connectivity index (χ4n) is 2.21. The molecular formula is C18H19N3O6. The smallest absolute Gasteiger partial charge is 0.310 e. The van der Waals surface area contributed by atoms with Crippen LogP contribution in [0.3, 0.4) is 0 Å². The van der Waals surface area contributed by atoms with Crippen molar-refractivity contribution >= 4 is 17.8 Å². The van der Waals surface area contributed by atoms with Crippen LogP contribution in [0, 0.1) is 17.0 Å². The number of para-hydroxylation sites is 2. The summed E-state index contributed by atoms with van der Waals surface area (Å²) in [5.74, 6) is 0.588. The number of carbonyl (C=O) groups excluding carboxylic acids is 1. The molecule has 0 saturated carbocycles. The standard InChI is InChI=1S/C18H19N3O6/c1-12-8-16(25-2)17(26-3)9-13(12)10-19-20-18(22)11-27-15-7-5-4-6-14(15)21(23)24/h4-10H,11H2,1-3H3,(H,20,22). The Hall–Kier alpha value is -3.62. The molecule has 0 heterocycles. The molecule has 9 heteroatoms. The van der Waals surface area contributed by atoms with E-state index >= 15 is 0 Å². The van der Waals surface area contributed by atoms with Crippen molar-refractivity contribution in [2.24, 2.45) is 5.10 Å². The molecule has 27 heavy (non-hydrogen) atoms. The Bertz CT molecular complexity index is 866. The molecule has 0 fully saturated rings. The Labute approximate surface area is 155 Å². The maximum Gasteiger partial charge on any atom is 0.310 e. The molecule has 0 spiro atoms. The second-order valence-electron chi connectivity index (χ2n) is 5.37. The minimum atomic E-state index is -0.578. The summed E-state index contributed by atoms with van der Waals surface area (Å²) in [4.78, 5) is 22.2. The van der Waals surface area contributed by atoms with Crippen molar-refractivity contribution in [2.75, 3.05) is 20.8 Å². The van der Waals surface area contributed by atoms with Gasteiger partial charge in [0.25, 0.3) is 5.91 Å². The molecule has 1 amide bonds. The number of nitro groups is 1. The van der Waals surface area contributed by atoms with Gasteiger partial charge in [0.05, 0.1) is 25.4 Å². The number of aryl methyl sites for hydroxylation is 1. The van der Waals surface area contributed by atoms with Gasteiger partial charge in [0, 0.05) is 11.6 Å². The highest BCUT2D eigenvalue weighted by atomic mass is 16.6. The van der Waals surface area contributed by atoms with E-state index in [1.54, 1.807) is 25.3 Å². The third-order valence-corrected chi connectivity index (χ3v) is 3.59. The van der Waals surface area contributed by atoms with E-state index in [-0.39, 0.29) is 11.4 Å². The minimum absolute atomic E-state index is 0.0114. The summed E-state index contributed by atoms with van der Waals surface area (Å²) in [5.41, 5.74) is 3.70. The molecule has 1 N–H and O–H groups in total. The summed E-state index contributed by atoms with van der Waals surface area (Å²) in [6.45, 7) is 1.45. The maximum atomic E-state index is 11.8. The number of methoxy groups -OCH3 is 2. The molecule has 0 saturated heterocycles. The zero-order chi connectivity index (χ0) is 19.8. The fourth-order valence-corrected chi connectivity index (χ4v) is 2.21.